The van der Waals surface area contributed by atoms with E-state index in [1.54, 1.807) is 0 Å². The number of carbonyl (C=O) groups excluding carboxylic acids is 1. The summed E-state index contributed by atoms with van der Waals surface area (Å²) in [5.41, 5.74) is 1.61. The number of carbonyl (C=O) groups is 1. The Hall–Kier alpha value is -2.61. The molecule has 0 heterocycles. The number of fused-ring (bicyclic) bond motifs is 1. The van der Waals surface area contributed by atoms with Crippen LogP contribution >= 0.6 is 0 Å². The summed E-state index contributed by atoms with van der Waals surface area (Å²) in [5.74, 6) is 1.34. The zero-order valence-electron chi connectivity index (χ0n) is 11.2. The van der Waals surface area contributed by atoms with Crippen molar-refractivity contribution in [3.8, 4) is 11.5 Å². The van der Waals surface area contributed by atoms with Crippen LogP contribution in [-0.4, -0.2) is 6.29 Å². The van der Waals surface area contributed by atoms with Gasteiger partial charge in [0.15, 0.2) is 6.29 Å². The fourth-order valence-electron chi connectivity index (χ4n) is 2.26. The molecule has 3 aromatic carbocycles. The highest BCUT2D eigenvalue weighted by molar-refractivity contribution is 5.89. The first-order valence-electron chi connectivity index (χ1n) is 6.49. The highest BCUT2D eigenvalue weighted by Crippen LogP contribution is 2.31. The Labute approximate surface area is 117 Å². The predicted molar refractivity (Wildman–Crippen MR) is 80.6 cm³/mol. The Morgan fingerprint density at radius 2 is 1.70 bits per heavy atom. The Morgan fingerprint density at radius 3 is 2.55 bits per heavy atom. The van der Waals surface area contributed by atoms with E-state index in [9.17, 15) is 4.79 Å². The standard InChI is InChI=1S/C18H14O2/c1-13-9-10-17(15(11-13)12-19)20-18-8-4-6-14-5-2-3-7-16(14)18/h2-12H,1H3. The molecule has 0 atom stereocenters. The molecule has 3 aromatic rings. The lowest BCUT2D eigenvalue weighted by atomic mass is 10.1. The number of aldehydes is 1. The second-order valence-corrected chi connectivity index (χ2v) is 4.74. The molecule has 0 aliphatic rings. The van der Waals surface area contributed by atoms with Crippen LogP contribution in [0.2, 0.25) is 0 Å². The minimum atomic E-state index is 0.568. The molecule has 0 amide bonds. The second-order valence-electron chi connectivity index (χ2n) is 4.74. The first-order chi connectivity index (χ1) is 9.78. The third kappa shape index (κ3) is 2.28. The lowest BCUT2D eigenvalue weighted by molar-refractivity contribution is 0.112. The molecule has 0 spiro atoms. The summed E-state index contributed by atoms with van der Waals surface area (Å²) in [5, 5.41) is 2.15. The van der Waals surface area contributed by atoms with Crippen molar-refractivity contribution >= 4 is 17.1 Å². The van der Waals surface area contributed by atoms with E-state index in [0.717, 1.165) is 28.4 Å². The summed E-state index contributed by atoms with van der Waals surface area (Å²) >= 11 is 0. The van der Waals surface area contributed by atoms with Crippen LogP contribution in [0.1, 0.15) is 15.9 Å². The summed E-state index contributed by atoms with van der Waals surface area (Å²) in [4.78, 5) is 11.2. The molecule has 0 saturated heterocycles. The van der Waals surface area contributed by atoms with Crippen LogP contribution in [0.5, 0.6) is 11.5 Å². The first-order valence-corrected chi connectivity index (χ1v) is 6.49. The first kappa shape index (κ1) is 12.4. The minimum Gasteiger partial charge on any atom is -0.456 e. The summed E-state index contributed by atoms with van der Waals surface area (Å²) < 4.78 is 5.94. The van der Waals surface area contributed by atoms with E-state index in [2.05, 4.69) is 0 Å². The van der Waals surface area contributed by atoms with Crippen LogP contribution in [0, 0.1) is 6.92 Å². The molecule has 0 radical (unpaired) electrons. The minimum absolute atomic E-state index is 0.568. The highest BCUT2D eigenvalue weighted by Gasteiger charge is 2.07. The van der Waals surface area contributed by atoms with Crippen molar-refractivity contribution in [1.29, 1.82) is 0 Å². The number of benzene rings is 3. The molecule has 0 saturated carbocycles. The van der Waals surface area contributed by atoms with Crippen LogP contribution in [0.25, 0.3) is 10.8 Å². The number of rotatable bonds is 3. The smallest absolute Gasteiger partial charge is 0.153 e. The van der Waals surface area contributed by atoms with E-state index in [1.165, 1.54) is 0 Å². The summed E-state index contributed by atoms with van der Waals surface area (Å²) in [6.07, 6.45) is 0.827. The zero-order valence-corrected chi connectivity index (χ0v) is 11.2. The molecule has 2 heteroatoms. The van der Waals surface area contributed by atoms with E-state index in [-0.39, 0.29) is 0 Å². The summed E-state index contributed by atoms with van der Waals surface area (Å²) in [6.45, 7) is 1.95. The monoisotopic (exact) mass is 262 g/mol. The van der Waals surface area contributed by atoms with Gasteiger partial charge in [0.2, 0.25) is 0 Å². The van der Waals surface area contributed by atoms with Gasteiger partial charge in [-0.25, -0.2) is 0 Å². The highest BCUT2D eigenvalue weighted by atomic mass is 16.5. The van der Waals surface area contributed by atoms with E-state index >= 15 is 0 Å². The van der Waals surface area contributed by atoms with Gasteiger partial charge in [0.1, 0.15) is 11.5 Å². The van der Waals surface area contributed by atoms with Gasteiger partial charge in [-0.05, 0) is 30.5 Å². The number of hydrogen-bond acceptors (Lipinski definition) is 2. The van der Waals surface area contributed by atoms with E-state index in [1.807, 2.05) is 67.6 Å². The van der Waals surface area contributed by atoms with Gasteiger partial charge in [0.05, 0.1) is 5.56 Å². The summed E-state index contributed by atoms with van der Waals surface area (Å²) in [6, 6.07) is 19.5. The molecule has 0 aliphatic carbocycles. The summed E-state index contributed by atoms with van der Waals surface area (Å²) in [7, 11) is 0. The topological polar surface area (TPSA) is 26.3 Å². The van der Waals surface area contributed by atoms with Crippen LogP contribution in [0.15, 0.2) is 60.7 Å². The molecule has 0 N–H and O–H groups in total. The van der Waals surface area contributed by atoms with Crippen molar-refractivity contribution < 1.29 is 9.53 Å². The number of ether oxygens (including phenoxy) is 1. The van der Waals surface area contributed by atoms with Crippen LogP contribution in [0.4, 0.5) is 0 Å². The molecule has 98 valence electrons. The van der Waals surface area contributed by atoms with E-state index in [0.29, 0.717) is 11.3 Å². The molecule has 0 aromatic heterocycles. The van der Waals surface area contributed by atoms with Gasteiger partial charge >= 0.3 is 0 Å². The molecule has 2 nitrogen and oxygen atoms in total. The van der Waals surface area contributed by atoms with Gasteiger partial charge in [-0.15, -0.1) is 0 Å². The van der Waals surface area contributed by atoms with Crippen LogP contribution in [0.3, 0.4) is 0 Å². The van der Waals surface area contributed by atoms with Crippen molar-refractivity contribution in [3.63, 3.8) is 0 Å². The van der Waals surface area contributed by atoms with Crippen LogP contribution in [-0.2, 0) is 0 Å². The molecular weight excluding hydrogens is 248 g/mol. The lowest BCUT2D eigenvalue weighted by Crippen LogP contribution is -1.92. The molecule has 0 bridgehead atoms. The Bertz CT molecular complexity index is 770. The Morgan fingerprint density at radius 1 is 0.900 bits per heavy atom. The Kier molecular flexibility index (Phi) is 3.21. The fraction of sp³-hybridized carbons (Fsp3) is 0.0556. The maximum Gasteiger partial charge on any atom is 0.153 e. The average molecular weight is 262 g/mol. The van der Waals surface area contributed by atoms with Crippen LogP contribution < -0.4 is 4.74 Å². The number of hydrogen-bond donors (Lipinski definition) is 0. The largest absolute Gasteiger partial charge is 0.456 e. The van der Waals surface area contributed by atoms with Crippen molar-refractivity contribution in [2.45, 2.75) is 6.92 Å². The molecule has 0 unspecified atom stereocenters. The number of aryl methyl sites for hydroxylation is 1. The maximum absolute atomic E-state index is 11.2. The van der Waals surface area contributed by atoms with Gasteiger partial charge < -0.3 is 4.74 Å². The van der Waals surface area contributed by atoms with Crippen molar-refractivity contribution in [2.75, 3.05) is 0 Å². The average Bonchev–Trinajstić information content (AvgIpc) is 2.49. The lowest BCUT2D eigenvalue weighted by Gasteiger charge is -2.11. The quantitative estimate of drug-likeness (QED) is 0.636. The van der Waals surface area contributed by atoms with Crippen molar-refractivity contribution in [2.24, 2.45) is 0 Å². The fourth-order valence-corrected chi connectivity index (χ4v) is 2.26. The second kappa shape index (κ2) is 5.17. The van der Waals surface area contributed by atoms with E-state index in [4.69, 9.17) is 4.74 Å². The maximum atomic E-state index is 11.2. The third-order valence-corrected chi connectivity index (χ3v) is 3.26. The third-order valence-electron chi connectivity index (χ3n) is 3.26. The van der Waals surface area contributed by atoms with Gasteiger partial charge in [-0.1, -0.05) is 48.0 Å². The zero-order chi connectivity index (χ0) is 13.9. The predicted octanol–water partition coefficient (Wildman–Crippen LogP) is 4.75. The SMILES string of the molecule is Cc1ccc(Oc2cccc3ccccc23)c(C=O)c1. The molecule has 3 rings (SSSR count). The van der Waals surface area contributed by atoms with Crippen molar-refractivity contribution in [3.05, 3.63) is 71.8 Å². The van der Waals surface area contributed by atoms with Crippen molar-refractivity contribution in [1.82, 2.24) is 0 Å². The molecule has 0 aliphatic heterocycles. The van der Waals surface area contributed by atoms with Gasteiger partial charge in [0, 0.05) is 5.39 Å². The molecular formula is C18H14O2. The van der Waals surface area contributed by atoms with E-state index < -0.39 is 0 Å². The van der Waals surface area contributed by atoms with Gasteiger partial charge in [-0.2, -0.15) is 0 Å². The Balaban J connectivity index is 2.08. The molecule has 20 heavy (non-hydrogen) atoms. The van der Waals surface area contributed by atoms with Gasteiger partial charge in [0.25, 0.3) is 0 Å². The normalized spacial score (nSPS) is 10.4. The van der Waals surface area contributed by atoms with Gasteiger partial charge in [-0.3, -0.25) is 4.79 Å². The molecule has 0 fully saturated rings.